The van der Waals surface area contributed by atoms with Crippen LogP contribution in [0, 0.1) is 5.92 Å². The van der Waals surface area contributed by atoms with E-state index in [0.717, 1.165) is 11.7 Å². The van der Waals surface area contributed by atoms with Crippen LogP contribution in [0.4, 0.5) is 0 Å². The number of carboxylic acids is 1. The van der Waals surface area contributed by atoms with Gasteiger partial charge >= 0.3 is 5.97 Å². The lowest BCUT2D eigenvalue weighted by Crippen LogP contribution is -2.32. The molecule has 0 atom stereocenters. The summed E-state index contributed by atoms with van der Waals surface area (Å²) in [6.45, 7) is 3.88. The van der Waals surface area contributed by atoms with Gasteiger partial charge in [0.25, 0.3) is 0 Å². The van der Waals surface area contributed by atoms with Crippen LogP contribution in [0.1, 0.15) is 61.3 Å². The van der Waals surface area contributed by atoms with E-state index in [1.807, 2.05) is 18.2 Å². The molecule has 3 aromatic rings. The first-order chi connectivity index (χ1) is 17.5. The standard InChI is InChI=1S/C28H32O2.C3H7NO2/c1-22-16-18-28(19-17-22,25-10-8-24(9-11-25)20-29-2)26-12-14-27(15-13-26)30-21-23-6-4-3-5-7-23;4-2-1-3(5)6/h3-15,22H,16-21H2,1-2H3;1-2,4H2,(H,5,6). The summed E-state index contributed by atoms with van der Waals surface area (Å²) >= 11 is 0. The summed E-state index contributed by atoms with van der Waals surface area (Å²) in [6.07, 6.45) is 5.00. The molecular formula is C31H39NO4. The molecule has 0 radical (unpaired) electrons. The van der Waals surface area contributed by atoms with E-state index in [1.54, 1.807) is 7.11 Å². The second-order valence-corrected chi connectivity index (χ2v) is 9.63. The maximum atomic E-state index is 9.52. The molecule has 192 valence electrons. The molecule has 1 fully saturated rings. The summed E-state index contributed by atoms with van der Waals surface area (Å²) in [6, 6.07) is 28.2. The van der Waals surface area contributed by atoms with Crippen molar-refractivity contribution in [3.63, 3.8) is 0 Å². The van der Waals surface area contributed by atoms with E-state index in [2.05, 4.69) is 67.6 Å². The number of methoxy groups -OCH3 is 1. The number of ether oxygens (including phenoxy) is 2. The van der Waals surface area contributed by atoms with Crippen molar-refractivity contribution in [1.29, 1.82) is 0 Å². The SMILES string of the molecule is COCc1ccc(C2(c3ccc(OCc4ccccc4)cc3)CCC(C)CC2)cc1.NCCC(=O)O. The largest absolute Gasteiger partial charge is 0.489 e. The molecule has 0 aromatic heterocycles. The lowest BCUT2D eigenvalue weighted by Gasteiger charge is -2.41. The predicted octanol–water partition coefficient (Wildman–Crippen LogP) is 6.33. The van der Waals surface area contributed by atoms with Crippen LogP contribution in [-0.2, 0) is 28.2 Å². The highest BCUT2D eigenvalue weighted by Gasteiger charge is 2.37. The zero-order chi connectivity index (χ0) is 25.8. The van der Waals surface area contributed by atoms with Gasteiger partial charge in [0.2, 0.25) is 0 Å². The fraction of sp³-hybridized carbons (Fsp3) is 0.387. The van der Waals surface area contributed by atoms with E-state index >= 15 is 0 Å². The first-order valence-corrected chi connectivity index (χ1v) is 12.7. The number of aliphatic carboxylic acids is 1. The maximum absolute atomic E-state index is 9.52. The van der Waals surface area contributed by atoms with Crippen molar-refractivity contribution in [2.45, 2.75) is 57.7 Å². The Balaban J connectivity index is 0.000000538. The second kappa shape index (κ2) is 13.8. The Morgan fingerprint density at radius 3 is 1.94 bits per heavy atom. The van der Waals surface area contributed by atoms with Crippen LogP contribution in [0.25, 0.3) is 0 Å². The Hall–Kier alpha value is -3.15. The first kappa shape index (κ1) is 27.4. The summed E-state index contributed by atoms with van der Waals surface area (Å²) in [5.41, 5.74) is 10.2. The molecule has 0 heterocycles. The molecule has 5 nitrogen and oxygen atoms in total. The number of rotatable bonds is 9. The van der Waals surface area contributed by atoms with Gasteiger partial charge in [0.15, 0.2) is 0 Å². The van der Waals surface area contributed by atoms with Gasteiger partial charge in [0.05, 0.1) is 13.0 Å². The van der Waals surface area contributed by atoms with Crippen molar-refractivity contribution in [2.75, 3.05) is 13.7 Å². The molecule has 0 spiro atoms. The summed E-state index contributed by atoms with van der Waals surface area (Å²) in [5.74, 6) is 0.897. The summed E-state index contributed by atoms with van der Waals surface area (Å²) in [7, 11) is 1.75. The van der Waals surface area contributed by atoms with Gasteiger partial charge in [0, 0.05) is 19.1 Å². The van der Waals surface area contributed by atoms with E-state index < -0.39 is 5.97 Å². The predicted molar refractivity (Wildman–Crippen MR) is 144 cm³/mol. The summed E-state index contributed by atoms with van der Waals surface area (Å²) in [4.78, 5) is 9.52. The van der Waals surface area contributed by atoms with Crippen molar-refractivity contribution in [1.82, 2.24) is 0 Å². The highest BCUT2D eigenvalue weighted by atomic mass is 16.5. The number of nitrogens with two attached hydrogens (primary N) is 1. The topological polar surface area (TPSA) is 81.8 Å². The highest BCUT2D eigenvalue weighted by Crippen LogP contribution is 2.46. The van der Waals surface area contributed by atoms with E-state index in [1.165, 1.54) is 47.9 Å². The van der Waals surface area contributed by atoms with Crippen LogP contribution in [0.3, 0.4) is 0 Å². The van der Waals surface area contributed by atoms with Crippen molar-refractivity contribution in [3.8, 4) is 5.75 Å². The second-order valence-electron chi connectivity index (χ2n) is 9.63. The molecule has 0 unspecified atom stereocenters. The van der Waals surface area contributed by atoms with Crippen LogP contribution >= 0.6 is 0 Å². The van der Waals surface area contributed by atoms with Gasteiger partial charge in [-0.2, -0.15) is 0 Å². The maximum Gasteiger partial charge on any atom is 0.304 e. The number of hydrogen-bond donors (Lipinski definition) is 2. The minimum absolute atomic E-state index is 0.0694. The third-order valence-corrected chi connectivity index (χ3v) is 6.96. The zero-order valence-corrected chi connectivity index (χ0v) is 21.5. The van der Waals surface area contributed by atoms with Crippen molar-refractivity contribution in [2.24, 2.45) is 11.7 Å². The lowest BCUT2D eigenvalue weighted by atomic mass is 9.63. The van der Waals surface area contributed by atoms with Crippen LogP contribution in [-0.4, -0.2) is 24.7 Å². The number of hydrogen-bond acceptors (Lipinski definition) is 4. The lowest BCUT2D eigenvalue weighted by molar-refractivity contribution is -0.136. The van der Waals surface area contributed by atoms with Gasteiger partial charge in [0.1, 0.15) is 12.4 Å². The van der Waals surface area contributed by atoms with Crippen LogP contribution in [0.5, 0.6) is 5.75 Å². The average molecular weight is 490 g/mol. The van der Waals surface area contributed by atoms with Crippen molar-refractivity contribution in [3.05, 3.63) is 101 Å². The minimum Gasteiger partial charge on any atom is -0.489 e. The van der Waals surface area contributed by atoms with Crippen LogP contribution in [0.2, 0.25) is 0 Å². The molecule has 0 saturated heterocycles. The fourth-order valence-electron chi connectivity index (χ4n) is 4.82. The Morgan fingerprint density at radius 1 is 0.889 bits per heavy atom. The van der Waals surface area contributed by atoms with Gasteiger partial charge in [-0.3, -0.25) is 4.79 Å². The molecular weight excluding hydrogens is 450 g/mol. The van der Waals surface area contributed by atoms with Gasteiger partial charge in [-0.05, 0) is 66.0 Å². The molecule has 4 rings (SSSR count). The number of carbonyl (C=O) groups is 1. The number of carboxylic acid groups (broad SMARTS) is 1. The molecule has 3 N–H and O–H groups in total. The van der Waals surface area contributed by atoms with E-state index in [9.17, 15) is 4.79 Å². The van der Waals surface area contributed by atoms with Gasteiger partial charge in [-0.1, -0.05) is 73.7 Å². The fourth-order valence-corrected chi connectivity index (χ4v) is 4.82. The molecule has 5 heteroatoms. The normalized spacial score (nSPS) is 19.1. The smallest absolute Gasteiger partial charge is 0.304 e. The molecule has 1 saturated carbocycles. The molecule has 1 aliphatic rings. The zero-order valence-electron chi connectivity index (χ0n) is 21.5. The van der Waals surface area contributed by atoms with E-state index in [-0.39, 0.29) is 18.4 Å². The molecule has 36 heavy (non-hydrogen) atoms. The van der Waals surface area contributed by atoms with Crippen molar-refractivity contribution >= 4 is 5.97 Å². The Bertz CT molecular complexity index is 1040. The third kappa shape index (κ3) is 7.67. The summed E-state index contributed by atoms with van der Waals surface area (Å²) < 4.78 is 11.3. The molecule has 0 amide bonds. The Labute approximate surface area is 215 Å². The summed E-state index contributed by atoms with van der Waals surface area (Å²) in [5, 5.41) is 7.83. The monoisotopic (exact) mass is 489 g/mol. The first-order valence-electron chi connectivity index (χ1n) is 12.7. The van der Waals surface area contributed by atoms with E-state index in [4.69, 9.17) is 20.3 Å². The van der Waals surface area contributed by atoms with E-state index in [0.29, 0.717) is 13.2 Å². The van der Waals surface area contributed by atoms with Gasteiger partial charge in [-0.25, -0.2) is 0 Å². The molecule has 1 aliphatic carbocycles. The quantitative estimate of drug-likeness (QED) is 0.367. The molecule has 3 aromatic carbocycles. The highest BCUT2D eigenvalue weighted by molar-refractivity contribution is 5.66. The van der Waals surface area contributed by atoms with Crippen LogP contribution in [0.15, 0.2) is 78.9 Å². The average Bonchev–Trinajstić information content (AvgIpc) is 2.90. The molecule has 0 aliphatic heterocycles. The van der Waals surface area contributed by atoms with Gasteiger partial charge < -0.3 is 20.3 Å². The molecule has 0 bridgehead atoms. The number of benzene rings is 3. The Morgan fingerprint density at radius 2 is 1.44 bits per heavy atom. The van der Waals surface area contributed by atoms with Crippen molar-refractivity contribution < 1.29 is 19.4 Å². The minimum atomic E-state index is -0.836. The van der Waals surface area contributed by atoms with Crippen LogP contribution < -0.4 is 10.5 Å². The Kier molecular flexibility index (Phi) is 10.5. The third-order valence-electron chi connectivity index (χ3n) is 6.96. The van der Waals surface area contributed by atoms with Gasteiger partial charge in [-0.15, -0.1) is 0 Å².